The monoisotopic (exact) mass is 317 g/mol. The lowest BCUT2D eigenvalue weighted by Gasteiger charge is -2.36. The van der Waals surface area contributed by atoms with E-state index in [-0.39, 0.29) is 5.91 Å². The maximum atomic E-state index is 12.2. The average Bonchev–Trinajstić information content (AvgIpc) is 2.58. The minimum atomic E-state index is -0.672. The first-order valence-electron chi connectivity index (χ1n) is 8.68. The van der Waals surface area contributed by atoms with Gasteiger partial charge < -0.3 is 20.2 Å². The van der Waals surface area contributed by atoms with Crippen LogP contribution in [-0.4, -0.2) is 60.8 Å². The van der Waals surface area contributed by atoms with Crippen LogP contribution in [0.3, 0.4) is 0 Å². The van der Waals surface area contributed by atoms with Crippen LogP contribution in [0.2, 0.25) is 0 Å². The van der Waals surface area contributed by atoms with Crippen molar-refractivity contribution in [1.29, 1.82) is 0 Å². The topological polar surface area (TPSA) is 55.8 Å². The zero-order chi connectivity index (χ0) is 16.3. The molecular weight excluding hydrogens is 290 g/mol. The second-order valence-electron chi connectivity index (χ2n) is 6.73. The van der Waals surface area contributed by atoms with Gasteiger partial charge in [0.1, 0.15) is 0 Å². The maximum Gasteiger partial charge on any atom is 0.251 e. The SMILES string of the molecule is CCN1CCN(c2ccc(C(=O)NCC3(O)CCC3)cc2)CC1. The molecule has 1 amide bonds. The number of rotatable bonds is 5. The Kier molecular flexibility index (Phi) is 4.87. The third kappa shape index (κ3) is 3.85. The summed E-state index contributed by atoms with van der Waals surface area (Å²) in [6, 6.07) is 7.80. The molecule has 1 heterocycles. The molecule has 1 saturated carbocycles. The minimum Gasteiger partial charge on any atom is -0.388 e. The number of benzene rings is 1. The summed E-state index contributed by atoms with van der Waals surface area (Å²) in [5.41, 5.74) is 1.16. The standard InChI is InChI=1S/C18H27N3O2/c1-2-20-10-12-21(13-11-20)16-6-4-15(5-7-16)17(22)19-14-18(23)8-3-9-18/h4-7,23H,2-3,8-14H2,1H3,(H,19,22). The molecule has 1 aromatic carbocycles. The highest BCUT2D eigenvalue weighted by Crippen LogP contribution is 2.30. The van der Waals surface area contributed by atoms with Gasteiger partial charge in [-0.05, 0) is 50.1 Å². The van der Waals surface area contributed by atoms with Gasteiger partial charge >= 0.3 is 0 Å². The Bertz CT molecular complexity index is 532. The minimum absolute atomic E-state index is 0.104. The number of likely N-dealkylation sites (N-methyl/N-ethyl adjacent to an activating group) is 1. The Hall–Kier alpha value is -1.59. The summed E-state index contributed by atoms with van der Waals surface area (Å²) in [4.78, 5) is 17.0. The van der Waals surface area contributed by atoms with Gasteiger partial charge in [-0.2, -0.15) is 0 Å². The molecule has 1 saturated heterocycles. The Balaban J connectivity index is 1.53. The third-order valence-corrected chi connectivity index (χ3v) is 5.18. The lowest BCUT2D eigenvalue weighted by atomic mass is 9.80. The number of piperazine rings is 1. The van der Waals surface area contributed by atoms with Crippen LogP contribution in [0.25, 0.3) is 0 Å². The molecule has 0 spiro atoms. The van der Waals surface area contributed by atoms with Gasteiger partial charge in [0.15, 0.2) is 0 Å². The molecule has 5 nitrogen and oxygen atoms in total. The molecular formula is C18H27N3O2. The number of hydrogen-bond acceptors (Lipinski definition) is 4. The summed E-state index contributed by atoms with van der Waals surface area (Å²) < 4.78 is 0. The van der Waals surface area contributed by atoms with Crippen LogP contribution in [-0.2, 0) is 0 Å². The van der Waals surface area contributed by atoms with Crippen LogP contribution in [0.4, 0.5) is 5.69 Å². The van der Waals surface area contributed by atoms with Crippen molar-refractivity contribution in [3.8, 4) is 0 Å². The van der Waals surface area contributed by atoms with Crippen LogP contribution in [0, 0.1) is 0 Å². The highest BCUT2D eigenvalue weighted by Gasteiger charge is 2.34. The Morgan fingerprint density at radius 1 is 1.17 bits per heavy atom. The van der Waals surface area contributed by atoms with Crippen molar-refractivity contribution in [2.75, 3.05) is 44.2 Å². The van der Waals surface area contributed by atoms with Crippen molar-refractivity contribution < 1.29 is 9.90 Å². The summed E-state index contributed by atoms with van der Waals surface area (Å²) in [6.45, 7) is 7.92. The number of aliphatic hydroxyl groups is 1. The zero-order valence-corrected chi connectivity index (χ0v) is 13.9. The molecule has 5 heteroatoms. The fraction of sp³-hybridized carbons (Fsp3) is 0.611. The van der Waals surface area contributed by atoms with E-state index in [2.05, 4.69) is 22.0 Å². The molecule has 1 aliphatic carbocycles. The predicted octanol–water partition coefficient (Wildman–Crippen LogP) is 1.47. The van der Waals surface area contributed by atoms with Crippen LogP contribution in [0.5, 0.6) is 0 Å². The quantitative estimate of drug-likeness (QED) is 0.863. The first-order chi connectivity index (χ1) is 11.1. The van der Waals surface area contributed by atoms with E-state index in [4.69, 9.17) is 0 Å². The van der Waals surface area contributed by atoms with Gasteiger partial charge in [-0.1, -0.05) is 6.92 Å². The normalized spacial score (nSPS) is 20.9. The Morgan fingerprint density at radius 2 is 1.83 bits per heavy atom. The predicted molar refractivity (Wildman–Crippen MR) is 91.9 cm³/mol. The molecule has 3 rings (SSSR count). The van der Waals surface area contributed by atoms with Gasteiger partial charge in [-0.15, -0.1) is 0 Å². The molecule has 23 heavy (non-hydrogen) atoms. The second kappa shape index (κ2) is 6.89. The van der Waals surface area contributed by atoms with Crippen molar-refractivity contribution in [2.24, 2.45) is 0 Å². The van der Waals surface area contributed by atoms with E-state index < -0.39 is 5.60 Å². The molecule has 0 radical (unpaired) electrons. The summed E-state index contributed by atoms with van der Waals surface area (Å²) in [7, 11) is 0. The van der Waals surface area contributed by atoms with E-state index >= 15 is 0 Å². The highest BCUT2D eigenvalue weighted by molar-refractivity contribution is 5.94. The van der Waals surface area contributed by atoms with Crippen molar-refractivity contribution in [2.45, 2.75) is 31.8 Å². The number of anilines is 1. The van der Waals surface area contributed by atoms with Crippen molar-refractivity contribution >= 4 is 11.6 Å². The Morgan fingerprint density at radius 3 is 2.35 bits per heavy atom. The van der Waals surface area contributed by atoms with Gasteiger partial charge in [-0.3, -0.25) is 4.79 Å². The fourth-order valence-corrected chi connectivity index (χ4v) is 3.25. The van der Waals surface area contributed by atoms with Gasteiger partial charge in [-0.25, -0.2) is 0 Å². The summed E-state index contributed by atoms with van der Waals surface area (Å²) in [6.07, 6.45) is 2.62. The van der Waals surface area contributed by atoms with Crippen LogP contribution in [0.15, 0.2) is 24.3 Å². The molecule has 2 N–H and O–H groups in total. The lowest BCUT2D eigenvalue weighted by molar-refractivity contribution is -0.0300. The van der Waals surface area contributed by atoms with Gasteiger partial charge in [0.2, 0.25) is 0 Å². The molecule has 126 valence electrons. The van der Waals surface area contributed by atoms with Gasteiger partial charge in [0, 0.05) is 44.0 Å². The first kappa shape index (κ1) is 16.3. The molecule has 0 bridgehead atoms. The van der Waals surface area contributed by atoms with E-state index in [1.54, 1.807) is 0 Å². The lowest BCUT2D eigenvalue weighted by Crippen LogP contribution is -2.47. The van der Waals surface area contributed by atoms with E-state index in [9.17, 15) is 9.90 Å². The number of hydrogen-bond donors (Lipinski definition) is 2. The highest BCUT2D eigenvalue weighted by atomic mass is 16.3. The second-order valence-corrected chi connectivity index (χ2v) is 6.73. The van der Waals surface area contributed by atoms with E-state index in [0.29, 0.717) is 12.1 Å². The molecule has 0 atom stereocenters. The number of nitrogens with zero attached hydrogens (tertiary/aromatic N) is 2. The number of carbonyl (C=O) groups is 1. The maximum absolute atomic E-state index is 12.2. The number of nitrogens with one attached hydrogen (secondary N) is 1. The summed E-state index contributed by atoms with van der Waals surface area (Å²) in [5, 5.41) is 12.9. The molecule has 2 fully saturated rings. The first-order valence-corrected chi connectivity index (χ1v) is 8.68. The summed E-state index contributed by atoms with van der Waals surface area (Å²) >= 11 is 0. The number of carbonyl (C=O) groups excluding carboxylic acids is 1. The van der Waals surface area contributed by atoms with Crippen molar-refractivity contribution in [3.05, 3.63) is 29.8 Å². The Labute approximate surface area is 138 Å². The zero-order valence-electron chi connectivity index (χ0n) is 13.9. The van der Waals surface area contributed by atoms with Crippen molar-refractivity contribution in [3.63, 3.8) is 0 Å². The van der Waals surface area contributed by atoms with E-state index in [0.717, 1.165) is 52.0 Å². The molecule has 1 aliphatic heterocycles. The van der Waals surface area contributed by atoms with Crippen LogP contribution >= 0.6 is 0 Å². The molecule has 1 aromatic rings. The van der Waals surface area contributed by atoms with Crippen LogP contribution < -0.4 is 10.2 Å². The molecule has 0 unspecified atom stereocenters. The van der Waals surface area contributed by atoms with Gasteiger partial charge in [0.05, 0.1) is 5.60 Å². The number of amides is 1. The third-order valence-electron chi connectivity index (χ3n) is 5.18. The van der Waals surface area contributed by atoms with E-state index in [1.807, 2.05) is 24.3 Å². The van der Waals surface area contributed by atoms with Crippen molar-refractivity contribution in [1.82, 2.24) is 10.2 Å². The van der Waals surface area contributed by atoms with E-state index in [1.165, 1.54) is 5.69 Å². The molecule has 2 aliphatic rings. The van der Waals surface area contributed by atoms with Crippen LogP contribution in [0.1, 0.15) is 36.5 Å². The smallest absolute Gasteiger partial charge is 0.251 e. The van der Waals surface area contributed by atoms with Gasteiger partial charge in [0.25, 0.3) is 5.91 Å². The average molecular weight is 317 g/mol. The largest absolute Gasteiger partial charge is 0.388 e. The molecule has 0 aromatic heterocycles. The fourth-order valence-electron chi connectivity index (χ4n) is 3.25. The summed E-state index contributed by atoms with van der Waals surface area (Å²) in [5.74, 6) is -0.104.